The van der Waals surface area contributed by atoms with Crippen molar-refractivity contribution in [2.45, 2.75) is 39.6 Å². The lowest BCUT2D eigenvalue weighted by atomic mass is 10.2. The second-order valence-electron chi connectivity index (χ2n) is 4.00. The van der Waals surface area contributed by atoms with Gasteiger partial charge in [-0.25, -0.2) is 4.79 Å². The third-order valence-corrected chi connectivity index (χ3v) is 1.42. The quantitative estimate of drug-likeness (QED) is 0.660. The van der Waals surface area contributed by atoms with Crippen molar-refractivity contribution in [1.82, 2.24) is 4.90 Å². The molecule has 14 heavy (non-hydrogen) atoms. The smallest absolute Gasteiger partial charge is 0.410 e. The molecule has 0 rings (SSSR count). The number of rotatable bonds is 3. The number of carbonyl (C=O) groups is 1. The number of hydrogen-bond donors (Lipinski definition) is 2. The number of likely N-dealkylation sites (N-methyl/N-ethyl adjacent to an activating group) is 1. The Bertz CT molecular complexity index is 186. The molecule has 5 nitrogen and oxygen atoms in total. The first-order chi connectivity index (χ1) is 6.26. The second kappa shape index (κ2) is 5.17. The van der Waals surface area contributed by atoms with E-state index in [4.69, 9.17) is 14.9 Å². The molecule has 2 N–H and O–H groups in total. The Morgan fingerprint density at radius 3 is 2.21 bits per heavy atom. The minimum absolute atomic E-state index is 0.134. The topological polar surface area (TPSA) is 70.0 Å². The van der Waals surface area contributed by atoms with Gasteiger partial charge < -0.3 is 19.8 Å². The molecule has 0 radical (unpaired) electrons. The van der Waals surface area contributed by atoms with Crippen LogP contribution in [-0.2, 0) is 4.74 Å². The first kappa shape index (κ1) is 13.2. The highest BCUT2D eigenvalue weighted by Crippen LogP contribution is 2.09. The van der Waals surface area contributed by atoms with Crippen molar-refractivity contribution in [2.75, 3.05) is 13.1 Å². The van der Waals surface area contributed by atoms with E-state index in [0.29, 0.717) is 6.54 Å². The van der Waals surface area contributed by atoms with E-state index in [1.54, 1.807) is 27.7 Å². The van der Waals surface area contributed by atoms with E-state index in [2.05, 4.69) is 0 Å². The van der Waals surface area contributed by atoms with Gasteiger partial charge in [0.2, 0.25) is 0 Å². The molecule has 0 aromatic rings. The monoisotopic (exact) mass is 205 g/mol. The van der Waals surface area contributed by atoms with Crippen molar-refractivity contribution in [3.63, 3.8) is 0 Å². The van der Waals surface area contributed by atoms with Gasteiger partial charge >= 0.3 is 6.09 Å². The van der Waals surface area contributed by atoms with Crippen molar-refractivity contribution < 1.29 is 19.7 Å². The van der Waals surface area contributed by atoms with E-state index in [1.807, 2.05) is 0 Å². The molecular weight excluding hydrogens is 186 g/mol. The summed E-state index contributed by atoms with van der Waals surface area (Å²) >= 11 is 0. The van der Waals surface area contributed by atoms with Crippen LogP contribution in [0.1, 0.15) is 27.7 Å². The maximum atomic E-state index is 11.4. The Morgan fingerprint density at radius 1 is 1.43 bits per heavy atom. The summed E-state index contributed by atoms with van der Waals surface area (Å²) in [5, 5.41) is 17.4. The van der Waals surface area contributed by atoms with Crippen LogP contribution in [0.4, 0.5) is 4.79 Å². The van der Waals surface area contributed by atoms with Crippen LogP contribution in [-0.4, -0.2) is 46.2 Å². The van der Waals surface area contributed by atoms with Gasteiger partial charge in [-0.05, 0) is 27.7 Å². The summed E-state index contributed by atoms with van der Waals surface area (Å²) in [7, 11) is 0. The highest BCUT2D eigenvalue weighted by Gasteiger charge is 2.22. The molecule has 0 saturated heterocycles. The van der Waals surface area contributed by atoms with E-state index >= 15 is 0 Å². The molecular formula is C9H19NO4. The lowest BCUT2D eigenvalue weighted by molar-refractivity contribution is -0.0641. The predicted molar refractivity (Wildman–Crippen MR) is 51.7 cm³/mol. The fourth-order valence-corrected chi connectivity index (χ4v) is 0.856. The Hall–Kier alpha value is -0.810. The first-order valence-corrected chi connectivity index (χ1v) is 4.60. The summed E-state index contributed by atoms with van der Waals surface area (Å²) in [6, 6.07) is 0. The Labute approximate surface area is 84.3 Å². The van der Waals surface area contributed by atoms with Crippen molar-refractivity contribution in [3.05, 3.63) is 0 Å². The zero-order valence-electron chi connectivity index (χ0n) is 9.15. The average Bonchev–Trinajstić information content (AvgIpc) is 1.96. The Balaban J connectivity index is 4.18. The van der Waals surface area contributed by atoms with Crippen LogP contribution >= 0.6 is 0 Å². The van der Waals surface area contributed by atoms with Crippen LogP contribution in [0.5, 0.6) is 0 Å². The SMILES string of the molecule is CCN(CC(O)O)C(=O)OC(C)(C)C. The van der Waals surface area contributed by atoms with Crippen LogP contribution in [0, 0.1) is 0 Å². The molecule has 0 spiro atoms. The number of hydrogen-bond acceptors (Lipinski definition) is 4. The van der Waals surface area contributed by atoms with E-state index in [1.165, 1.54) is 4.90 Å². The first-order valence-electron chi connectivity index (χ1n) is 4.60. The van der Waals surface area contributed by atoms with E-state index in [9.17, 15) is 4.79 Å². The molecule has 5 heteroatoms. The van der Waals surface area contributed by atoms with Crippen LogP contribution in [0.25, 0.3) is 0 Å². The Morgan fingerprint density at radius 2 is 1.93 bits per heavy atom. The van der Waals surface area contributed by atoms with Gasteiger partial charge in [-0.15, -0.1) is 0 Å². The van der Waals surface area contributed by atoms with Crippen LogP contribution in [0.15, 0.2) is 0 Å². The molecule has 0 aliphatic carbocycles. The minimum Gasteiger partial charge on any atom is -0.444 e. The van der Waals surface area contributed by atoms with Gasteiger partial charge in [-0.3, -0.25) is 0 Å². The van der Waals surface area contributed by atoms with Gasteiger partial charge in [0, 0.05) is 6.54 Å². The lowest BCUT2D eigenvalue weighted by Crippen LogP contribution is -2.40. The standard InChI is InChI=1S/C9H19NO4/c1-5-10(6-7(11)12)8(13)14-9(2,3)4/h7,11-12H,5-6H2,1-4H3. The largest absolute Gasteiger partial charge is 0.444 e. The van der Waals surface area contributed by atoms with Crippen molar-refractivity contribution in [3.8, 4) is 0 Å². The van der Waals surface area contributed by atoms with Gasteiger partial charge in [0.1, 0.15) is 5.60 Å². The van der Waals surface area contributed by atoms with E-state index < -0.39 is 18.0 Å². The van der Waals surface area contributed by atoms with E-state index in [-0.39, 0.29) is 6.54 Å². The predicted octanol–water partition coefficient (Wildman–Crippen LogP) is 0.554. The lowest BCUT2D eigenvalue weighted by Gasteiger charge is -2.26. The molecule has 0 aromatic heterocycles. The summed E-state index contributed by atoms with van der Waals surface area (Å²) in [5.74, 6) is 0. The molecule has 84 valence electrons. The molecule has 0 fully saturated rings. The van der Waals surface area contributed by atoms with Gasteiger partial charge in [0.25, 0.3) is 0 Å². The molecule has 0 atom stereocenters. The highest BCUT2D eigenvalue weighted by molar-refractivity contribution is 5.68. The number of aliphatic hydroxyl groups is 2. The molecule has 0 unspecified atom stereocenters. The molecule has 0 aromatic carbocycles. The molecule has 0 bridgehead atoms. The van der Waals surface area contributed by atoms with Gasteiger partial charge in [-0.2, -0.15) is 0 Å². The molecule has 0 saturated carbocycles. The van der Waals surface area contributed by atoms with Crippen molar-refractivity contribution in [1.29, 1.82) is 0 Å². The fourth-order valence-electron chi connectivity index (χ4n) is 0.856. The zero-order chi connectivity index (χ0) is 11.4. The summed E-state index contributed by atoms with van der Waals surface area (Å²) in [4.78, 5) is 12.6. The Kier molecular flexibility index (Phi) is 4.87. The highest BCUT2D eigenvalue weighted by atomic mass is 16.6. The molecule has 0 aliphatic rings. The minimum atomic E-state index is -1.53. The number of carbonyl (C=O) groups excluding carboxylic acids is 1. The normalized spacial score (nSPS) is 11.6. The molecule has 0 aliphatic heterocycles. The second-order valence-corrected chi connectivity index (χ2v) is 4.00. The zero-order valence-corrected chi connectivity index (χ0v) is 9.15. The average molecular weight is 205 g/mol. The summed E-state index contributed by atoms with van der Waals surface area (Å²) in [6.07, 6.45) is -2.06. The number of aliphatic hydroxyl groups excluding tert-OH is 1. The van der Waals surface area contributed by atoms with Gasteiger partial charge in [0.05, 0.1) is 6.54 Å². The number of amides is 1. The maximum absolute atomic E-state index is 11.4. The number of ether oxygens (including phenoxy) is 1. The maximum Gasteiger partial charge on any atom is 0.410 e. The summed E-state index contributed by atoms with van der Waals surface area (Å²) < 4.78 is 5.06. The van der Waals surface area contributed by atoms with Crippen LogP contribution in [0.3, 0.4) is 0 Å². The van der Waals surface area contributed by atoms with Crippen LogP contribution in [0.2, 0.25) is 0 Å². The summed E-state index contributed by atoms with van der Waals surface area (Å²) in [5.41, 5.74) is -0.565. The van der Waals surface area contributed by atoms with Crippen molar-refractivity contribution >= 4 is 6.09 Å². The molecule has 1 amide bonds. The van der Waals surface area contributed by atoms with Crippen LogP contribution < -0.4 is 0 Å². The van der Waals surface area contributed by atoms with E-state index in [0.717, 1.165) is 0 Å². The summed E-state index contributed by atoms with van der Waals surface area (Å²) in [6.45, 7) is 7.26. The van der Waals surface area contributed by atoms with Gasteiger partial charge in [0.15, 0.2) is 6.29 Å². The third-order valence-electron chi connectivity index (χ3n) is 1.42. The fraction of sp³-hybridized carbons (Fsp3) is 0.889. The van der Waals surface area contributed by atoms with Gasteiger partial charge in [-0.1, -0.05) is 0 Å². The van der Waals surface area contributed by atoms with Crippen molar-refractivity contribution in [2.24, 2.45) is 0 Å². The molecule has 0 heterocycles. The number of nitrogens with zero attached hydrogens (tertiary/aromatic N) is 1. The third kappa shape index (κ3) is 5.77.